The molecule has 1 atom stereocenters. The van der Waals surface area contributed by atoms with E-state index < -0.39 is 23.5 Å². The van der Waals surface area contributed by atoms with E-state index in [9.17, 15) is 27.6 Å². The minimum absolute atomic E-state index is 0.144. The second kappa shape index (κ2) is 15.2. The Kier molecular flexibility index (Phi) is 10.1. The predicted octanol–water partition coefficient (Wildman–Crippen LogP) is 5.16. The number of pyridine rings is 1. The highest BCUT2D eigenvalue weighted by molar-refractivity contribution is 6.05. The molecular formula is C41H45F3N8O3. The summed E-state index contributed by atoms with van der Waals surface area (Å²) in [6, 6.07) is 16.8. The van der Waals surface area contributed by atoms with Crippen LogP contribution in [0.1, 0.15) is 77.2 Å². The average Bonchev–Trinajstić information content (AvgIpc) is 3.52. The highest BCUT2D eigenvalue weighted by atomic mass is 19.4. The molecule has 1 aromatic heterocycles. The van der Waals surface area contributed by atoms with Gasteiger partial charge < -0.3 is 19.6 Å². The van der Waals surface area contributed by atoms with Gasteiger partial charge in [-0.05, 0) is 91.5 Å². The Hall–Kier alpha value is -5.16. The van der Waals surface area contributed by atoms with Gasteiger partial charge in [-0.25, -0.2) is 4.98 Å². The maximum Gasteiger partial charge on any atom is 0.419 e. The van der Waals surface area contributed by atoms with Crippen molar-refractivity contribution in [2.24, 2.45) is 5.92 Å². The smallest absolute Gasteiger partial charge is 0.372 e. The van der Waals surface area contributed by atoms with Crippen molar-refractivity contribution in [3.63, 3.8) is 0 Å². The Morgan fingerprint density at radius 3 is 2.11 bits per heavy atom. The summed E-state index contributed by atoms with van der Waals surface area (Å²) in [5, 5.41) is 11.4. The van der Waals surface area contributed by atoms with Crippen LogP contribution in [0, 0.1) is 17.2 Å². The lowest BCUT2D eigenvalue weighted by atomic mass is 9.89. The van der Waals surface area contributed by atoms with Crippen molar-refractivity contribution in [2.75, 3.05) is 73.6 Å². The van der Waals surface area contributed by atoms with Crippen molar-refractivity contribution in [1.82, 2.24) is 20.1 Å². The van der Waals surface area contributed by atoms with Crippen molar-refractivity contribution >= 4 is 34.8 Å². The van der Waals surface area contributed by atoms with E-state index in [0.29, 0.717) is 49.1 Å². The van der Waals surface area contributed by atoms with Crippen LogP contribution in [0.4, 0.5) is 30.2 Å². The average molecular weight is 755 g/mol. The molecule has 14 heteroatoms. The number of piperidine rings is 3. The van der Waals surface area contributed by atoms with Gasteiger partial charge in [-0.1, -0.05) is 12.1 Å². The number of nitrogens with one attached hydrogen (secondary N) is 1. The third-order valence-corrected chi connectivity index (χ3v) is 12.2. The van der Waals surface area contributed by atoms with Gasteiger partial charge in [0.1, 0.15) is 12.1 Å². The second-order valence-electron chi connectivity index (χ2n) is 15.5. The van der Waals surface area contributed by atoms with Gasteiger partial charge in [0.05, 0.1) is 17.4 Å². The van der Waals surface area contributed by atoms with Crippen molar-refractivity contribution in [1.29, 1.82) is 5.26 Å². The van der Waals surface area contributed by atoms with E-state index in [1.807, 2.05) is 17.0 Å². The minimum Gasteiger partial charge on any atom is -0.372 e. The number of nitrogens with zero attached hydrogens (tertiary/aromatic N) is 7. The third kappa shape index (κ3) is 7.72. The van der Waals surface area contributed by atoms with Crippen molar-refractivity contribution < 1.29 is 27.6 Å². The van der Waals surface area contributed by atoms with Gasteiger partial charge in [0, 0.05) is 88.8 Å². The number of carbonyl (C=O) groups excluding carboxylic acids is 3. The first-order valence-electron chi connectivity index (χ1n) is 19.4. The summed E-state index contributed by atoms with van der Waals surface area (Å²) < 4.78 is 40.4. The summed E-state index contributed by atoms with van der Waals surface area (Å²) in [5.74, 6) is 0.169. The lowest BCUT2D eigenvalue weighted by Gasteiger charge is -2.40. The summed E-state index contributed by atoms with van der Waals surface area (Å²) in [4.78, 5) is 51.9. The Morgan fingerprint density at radius 1 is 0.782 bits per heavy atom. The molecule has 2 aromatic carbocycles. The number of hydrogen-bond acceptors (Lipinski definition) is 9. The number of benzene rings is 2. The number of fused-ring (bicyclic) bond motifs is 1. The summed E-state index contributed by atoms with van der Waals surface area (Å²) in [5.41, 5.74) is 3.99. The van der Waals surface area contributed by atoms with Crippen LogP contribution in [-0.4, -0.2) is 97.4 Å². The first-order chi connectivity index (χ1) is 26.5. The molecule has 1 unspecified atom stereocenters. The van der Waals surface area contributed by atoms with Crippen LogP contribution in [-0.2, 0) is 22.3 Å². The maximum absolute atomic E-state index is 13.5. The highest BCUT2D eigenvalue weighted by Gasteiger charge is 2.40. The molecule has 0 radical (unpaired) electrons. The van der Waals surface area contributed by atoms with E-state index in [-0.39, 0.29) is 24.1 Å². The Morgan fingerprint density at radius 2 is 1.44 bits per heavy atom. The number of imide groups is 1. The molecule has 0 saturated carbocycles. The quantitative estimate of drug-likeness (QED) is 0.327. The van der Waals surface area contributed by atoms with Crippen LogP contribution in [0.5, 0.6) is 0 Å². The first kappa shape index (κ1) is 36.8. The monoisotopic (exact) mass is 754 g/mol. The molecule has 55 heavy (non-hydrogen) atoms. The fourth-order valence-corrected chi connectivity index (χ4v) is 9.05. The summed E-state index contributed by atoms with van der Waals surface area (Å²) in [6.07, 6.45) is 1.31. The van der Waals surface area contributed by atoms with E-state index in [0.717, 1.165) is 88.8 Å². The van der Waals surface area contributed by atoms with Crippen molar-refractivity contribution in [3.05, 3.63) is 82.7 Å². The van der Waals surface area contributed by atoms with Crippen LogP contribution < -0.4 is 20.0 Å². The first-order valence-corrected chi connectivity index (χ1v) is 19.4. The minimum atomic E-state index is -4.62. The number of halogens is 3. The number of hydrogen-bond donors (Lipinski definition) is 1. The third-order valence-electron chi connectivity index (χ3n) is 12.2. The number of alkyl halides is 3. The molecule has 4 fully saturated rings. The molecule has 3 aromatic rings. The molecule has 8 rings (SSSR count). The summed E-state index contributed by atoms with van der Waals surface area (Å²) in [7, 11) is 0. The van der Waals surface area contributed by atoms with Crippen LogP contribution in [0.3, 0.4) is 0 Å². The Bertz CT molecular complexity index is 1980. The largest absolute Gasteiger partial charge is 0.419 e. The fourth-order valence-electron chi connectivity index (χ4n) is 9.05. The molecule has 288 valence electrons. The van der Waals surface area contributed by atoms with Gasteiger partial charge in [0.25, 0.3) is 5.91 Å². The zero-order chi connectivity index (χ0) is 38.3. The van der Waals surface area contributed by atoms with Gasteiger partial charge in [-0.3, -0.25) is 24.6 Å². The van der Waals surface area contributed by atoms with Crippen LogP contribution in [0.15, 0.2) is 54.7 Å². The number of amides is 3. The number of piperazine rings is 1. The Labute approximate surface area is 318 Å². The lowest BCUT2D eigenvalue weighted by molar-refractivity contribution is -0.138. The van der Waals surface area contributed by atoms with E-state index in [2.05, 4.69) is 55.3 Å². The number of anilines is 3. The van der Waals surface area contributed by atoms with Crippen molar-refractivity contribution in [3.8, 4) is 6.07 Å². The van der Waals surface area contributed by atoms with Gasteiger partial charge in [-0.15, -0.1) is 0 Å². The molecule has 5 aliphatic heterocycles. The van der Waals surface area contributed by atoms with Crippen LogP contribution in [0.25, 0.3) is 0 Å². The molecule has 4 saturated heterocycles. The van der Waals surface area contributed by atoms with Gasteiger partial charge in [-0.2, -0.15) is 18.4 Å². The number of nitriles is 1. The standard InChI is InChI=1S/C41H45F3N8O3/c42-41(43,44)35-22-33(24-46-36(35)23-45)50-15-11-29(12-16-50)28-1-3-31(4-2-28)49-13-9-27(10-14-49)25-48-17-19-51(20-18-48)32-5-6-34-30(21-32)26-52(40(34)55)37-7-8-38(53)47-39(37)54/h1-6,21-22,24,27,29,37H,7-20,25-26H2,(H,47,53,54). The zero-order valence-corrected chi connectivity index (χ0v) is 30.7. The lowest BCUT2D eigenvalue weighted by Crippen LogP contribution is -2.52. The SMILES string of the molecule is N#Cc1ncc(N2CCC(c3ccc(N4CCC(CN5CCN(c6ccc7c(c6)CN(C6CCC(=O)NC6=O)C7=O)CC5)CC4)cc3)CC2)cc1C(F)(F)F. The normalized spacial score (nSPS) is 21.9. The summed E-state index contributed by atoms with van der Waals surface area (Å²) >= 11 is 0. The molecule has 0 aliphatic carbocycles. The van der Waals surface area contributed by atoms with Gasteiger partial charge in [0.2, 0.25) is 11.8 Å². The predicted molar refractivity (Wildman–Crippen MR) is 201 cm³/mol. The maximum atomic E-state index is 13.5. The highest BCUT2D eigenvalue weighted by Crippen LogP contribution is 2.37. The van der Waals surface area contributed by atoms with E-state index in [1.54, 1.807) is 11.0 Å². The van der Waals surface area contributed by atoms with Gasteiger partial charge in [0.15, 0.2) is 5.69 Å². The molecular weight excluding hydrogens is 709 g/mol. The molecule has 5 aliphatic rings. The van der Waals surface area contributed by atoms with E-state index in [1.165, 1.54) is 17.4 Å². The molecule has 1 N–H and O–H groups in total. The van der Waals surface area contributed by atoms with Gasteiger partial charge >= 0.3 is 6.18 Å². The molecule has 0 spiro atoms. The van der Waals surface area contributed by atoms with Crippen LogP contribution >= 0.6 is 0 Å². The van der Waals surface area contributed by atoms with E-state index >= 15 is 0 Å². The fraction of sp³-hybridized carbons (Fsp3) is 0.488. The molecule has 6 heterocycles. The van der Waals surface area contributed by atoms with Crippen LogP contribution in [0.2, 0.25) is 0 Å². The molecule has 11 nitrogen and oxygen atoms in total. The number of carbonyl (C=O) groups is 3. The van der Waals surface area contributed by atoms with E-state index in [4.69, 9.17) is 5.26 Å². The number of rotatable bonds is 7. The topological polar surface area (TPSA) is 116 Å². The molecule has 0 bridgehead atoms. The Balaban J connectivity index is 0.774. The second-order valence-corrected chi connectivity index (χ2v) is 15.5. The molecule has 3 amide bonds. The number of aromatic nitrogens is 1. The van der Waals surface area contributed by atoms with Crippen molar-refractivity contribution in [2.45, 2.75) is 63.2 Å². The zero-order valence-electron chi connectivity index (χ0n) is 30.7. The summed E-state index contributed by atoms with van der Waals surface area (Å²) in [6.45, 7) is 8.57.